The van der Waals surface area contributed by atoms with Crippen molar-refractivity contribution >= 4 is 23.4 Å². The summed E-state index contributed by atoms with van der Waals surface area (Å²) >= 11 is 0. The van der Waals surface area contributed by atoms with Crippen molar-refractivity contribution in [2.45, 2.75) is 12.8 Å². The Labute approximate surface area is 155 Å². The first-order chi connectivity index (χ1) is 13.1. The second kappa shape index (κ2) is 7.12. The highest BCUT2D eigenvalue weighted by atomic mass is 16.3. The minimum atomic E-state index is -0.741. The normalized spacial score (nSPS) is 19.4. The van der Waals surface area contributed by atoms with Gasteiger partial charge in [0.25, 0.3) is 0 Å². The zero-order valence-corrected chi connectivity index (χ0v) is 14.5. The van der Waals surface area contributed by atoms with Gasteiger partial charge in [-0.2, -0.15) is 5.43 Å². The number of furan rings is 1. The summed E-state index contributed by atoms with van der Waals surface area (Å²) in [4.78, 5) is 40.4. The number of nitrogens with one attached hydrogen (secondary N) is 2. The van der Waals surface area contributed by atoms with E-state index in [0.717, 1.165) is 10.7 Å². The number of hydrogen-bond acceptors (Lipinski definition) is 6. The predicted molar refractivity (Wildman–Crippen MR) is 94.7 cm³/mol. The Morgan fingerprint density at radius 3 is 2.59 bits per heavy atom. The van der Waals surface area contributed by atoms with E-state index < -0.39 is 24.0 Å². The maximum Gasteiger partial charge on any atom is 0.326 e. The Kier molecular flexibility index (Phi) is 4.51. The molecule has 4 rings (SSSR count). The molecule has 9 heteroatoms. The number of benzene rings is 1. The fourth-order valence-electron chi connectivity index (χ4n) is 3.22. The molecule has 0 saturated carbocycles. The van der Waals surface area contributed by atoms with Crippen LogP contribution in [-0.2, 0) is 20.9 Å². The molecule has 0 spiro atoms. The Morgan fingerprint density at radius 2 is 1.85 bits per heavy atom. The van der Waals surface area contributed by atoms with Crippen LogP contribution in [0.5, 0.6) is 0 Å². The van der Waals surface area contributed by atoms with E-state index in [1.165, 1.54) is 11.2 Å². The maximum absolute atomic E-state index is 12.4. The summed E-state index contributed by atoms with van der Waals surface area (Å²) in [5, 5.41) is 3.74. The van der Waals surface area contributed by atoms with Crippen LogP contribution in [0, 0.1) is 0 Å². The molecule has 140 valence electrons. The molecule has 27 heavy (non-hydrogen) atoms. The Hall–Kier alpha value is -3.33. The highest BCUT2D eigenvalue weighted by Crippen LogP contribution is 2.24. The predicted octanol–water partition coefficient (Wildman–Crippen LogP) is -0.125. The van der Waals surface area contributed by atoms with E-state index in [-0.39, 0.29) is 13.1 Å². The van der Waals surface area contributed by atoms with Gasteiger partial charge in [0.15, 0.2) is 6.29 Å². The number of hydrazine groups is 1. The average molecular weight is 369 g/mol. The number of amides is 3. The van der Waals surface area contributed by atoms with Crippen LogP contribution >= 0.6 is 0 Å². The van der Waals surface area contributed by atoms with Crippen molar-refractivity contribution in [1.82, 2.24) is 20.7 Å². The van der Waals surface area contributed by atoms with Crippen molar-refractivity contribution in [1.29, 1.82) is 0 Å². The molecule has 1 aromatic carbocycles. The summed E-state index contributed by atoms with van der Waals surface area (Å²) in [6.45, 7) is 0.987. The lowest BCUT2D eigenvalue weighted by Gasteiger charge is -2.40. The van der Waals surface area contributed by atoms with E-state index in [9.17, 15) is 14.4 Å². The Bertz CT molecular complexity index is 839. The lowest BCUT2D eigenvalue weighted by molar-refractivity contribution is -0.163. The van der Waals surface area contributed by atoms with Gasteiger partial charge in [-0.05, 0) is 24.3 Å². The molecule has 0 aliphatic carbocycles. The molecular formula is C18H19N5O4. The minimum Gasteiger partial charge on any atom is -0.467 e. The van der Waals surface area contributed by atoms with Crippen LogP contribution in [0.3, 0.4) is 0 Å². The van der Waals surface area contributed by atoms with E-state index in [1.54, 1.807) is 12.1 Å². The van der Waals surface area contributed by atoms with Crippen molar-refractivity contribution in [2.24, 2.45) is 0 Å². The molecule has 1 unspecified atom stereocenters. The third kappa shape index (κ3) is 3.36. The lowest BCUT2D eigenvalue weighted by Crippen LogP contribution is -2.68. The minimum absolute atomic E-state index is 0.216. The first kappa shape index (κ1) is 17.1. The fraction of sp³-hybridized carbons (Fsp3) is 0.278. The summed E-state index contributed by atoms with van der Waals surface area (Å²) in [5.74, 6) is -1.14. The summed E-state index contributed by atoms with van der Waals surface area (Å²) in [6, 6.07) is 13.1. The van der Waals surface area contributed by atoms with Crippen molar-refractivity contribution in [3.05, 3.63) is 54.5 Å². The Morgan fingerprint density at radius 1 is 1.07 bits per heavy atom. The molecule has 2 aliphatic rings. The number of rotatable bonds is 5. The quantitative estimate of drug-likeness (QED) is 0.713. The second-order valence-corrected chi connectivity index (χ2v) is 6.28. The van der Waals surface area contributed by atoms with Crippen LogP contribution in [-0.4, -0.2) is 53.6 Å². The number of anilines is 1. The monoisotopic (exact) mass is 369 g/mol. The van der Waals surface area contributed by atoms with Gasteiger partial charge in [-0.3, -0.25) is 24.3 Å². The second-order valence-electron chi connectivity index (χ2n) is 6.28. The van der Waals surface area contributed by atoms with Crippen LogP contribution in [0.25, 0.3) is 0 Å². The molecule has 0 bridgehead atoms. The highest BCUT2D eigenvalue weighted by molar-refractivity contribution is 6.35. The number of hydrogen-bond donors (Lipinski definition) is 2. The van der Waals surface area contributed by atoms with Gasteiger partial charge in [-0.1, -0.05) is 18.2 Å². The van der Waals surface area contributed by atoms with Gasteiger partial charge in [0, 0.05) is 18.8 Å². The molecule has 1 atom stereocenters. The molecule has 2 fully saturated rings. The van der Waals surface area contributed by atoms with Gasteiger partial charge < -0.3 is 14.6 Å². The third-order valence-corrected chi connectivity index (χ3v) is 4.56. The topological polar surface area (TPSA) is 98.1 Å². The Balaban J connectivity index is 1.43. The standard InChI is InChI=1S/C18H19N5O4/c24-15(19-11-14-7-4-10-27-14)12-23-17(26)16(25)22-9-8-21(18(22)20-23)13-5-2-1-3-6-13/h1-7,10,18,20H,8-9,11-12H2,(H,19,24). The number of fused-ring (bicyclic) bond motifs is 1. The van der Waals surface area contributed by atoms with Crippen molar-refractivity contribution in [3.8, 4) is 0 Å². The molecule has 3 heterocycles. The van der Waals surface area contributed by atoms with Crippen LogP contribution in [0.1, 0.15) is 5.76 Å². The lowest BCUT2D eigenvalue weighted by atomic mass is 10.3. The number of carbonyl (C=O) groups is 3. The number of nitrogens with zero attached hydrogens (tertiary/aromatic N) is 3. The fourth-order valence-corrected chi connectivity index (χ4v) is 3.22. The summed E-state index contributed by atoms with van der Waals surface area (Å²) in [5.41, 5.74) is 3.93. The smallest absolute Gasteiger partial charge is 0.326 e. The SMILES string of the molecule is O=C(CN1NC2N(CCN2c2ccccc2)C(=O)C1=O)NCc1ccco1. The molecule has 0 radical (unpaired) electrons. The van der Waals surface area contributed by atoms with Crippen molar-refractivity contribution in [3.63, 3.8) is 0 Å². The van der Waals surface area contributed by atoms with Gasteiger partial charge in [0.2, 0.25) is 5.91 Å². The molecular weight excluding hydrogens is 350 g/mol. The average Bonchev–Trinajstić information content (AvgIpc) is 3.35. The van der Waals surface area contributed by atoms with E-state index in [0.29, 0.717) is 18.8 Å². The molecule has 3 amide bonds. The number of para-hydroxylation sites is 1. The molecule has 2 aromatic rings. The van der Waals surface area contributed by atoms with Gasteiger partial charge in [0.1, 0.15) is 12.3 Å². The van der Waals surface area contributed by atoms with Crippen molar-refractivity contribution in [2.75, 3.05) is 24.5 Å². The van der Waals surface area contributed by atoms with Gasteiger partial charge in [0.05, 0.1) is 12.8 Å². The maximum atomic E-state index is 12.4. The third-order valence-electron chi connectivity index (χ3n) is 4.56. The summed E-state index contributed by atoms with van der Waals surface area (Å²) in [6.07, 6.45) is 1.01. The summed E-state index contributed by atoms with van der Waals surface area (Å²) in [7, 11) is 0. The molecule has 2 N–H and O–H groups in total. The first-order valence-corrected chi connectivity index (χ1v) is 8.63. The van der Waals surface area contributed by atoms with Crippen molar-refractivity contribution < 1.29 is 18.8 Å². The summed E-state index contributed by atoms with van der Waals surface area (Å²) < 4.78 is 5.15. The zero-order chi connectivity index (χ0) is 18.8. The van der Waals surface area contributed by atoms with Gasteiger partial charge in [-0.15, -0.1) is 0 Å². The van der Waals surface area contributed by atoms with E-state index >= 15 is 0 Å². The van der Waals surface area contributed by atoms with Crippen LogP contribution < -0.4 is 15.6 Å². The molecule has 9 nitrogen and oxygen atoms in total. The van der Waals surface area contributed by atoms with E-state index in [1.807, 2.05) is 35.2 Å². The molecule has 2 saturated heterocycles. The number of carbonyl (C=O) groups excluding carboxylic acids is 3. The zero-order valence-electron chi connectivity index (χ0n) is 14.5. The largest absolute Gasteiger partial charge is 0.467 e. The van der Waals surface area contributed by atoms with Gasteiger partial charge in [-0.25, -0.2) is 0 Å². The van der Waals surface area contributed by atoms with Crippen LogP contribution in [0.4, 0.5) is 5.69 Å². The van der Waals surface area contributed by atoms with Crippen LogP contribution in [0.15, 0.2) is 53.1 Å². The van der Waals surface area contributed by atoms with E-state index in [2.05, 4.69) is 10.7 Å². The highest BCUT2D eigenvalue weighted by Gasteiger charge is 2.45. The molecule has 2 aliphatic heterocycles. The van der Waals surface area contributed by atoms with Crippen LogP contribution in [0.2, 0.25) is 0 Å². The first-order valence-electron chi connectivity index (χ1n) is 8.63. The van der Waals surface area contributed by atoms with E-state index in [4.69, 9.17) is 4.42 Å². The molecule has 1 aromatic heterocycles. The van der Waals surface area contributed by atoms with Gasteiger partial charge >= 0.3 is 11.8 Å².